The van der Waals surface area contributed by atoms with E-state index in [4.69, 9.17) is 5.73 Å². The fraction of sp³-hybridized carbons (Fsp3) is 0.412. The van der Waals surface area contributed by atoms with Crippen molar-refractivity contribution in [2.75, 3.05) is 13.1 Å². The van der Waals surface area contributed by atoms with Crippen LogP contribution < -0.4 is 11.1 Å². The third-order valence-corrected chi connectivity index (χ3v) is 3.82. The lowest BCUT2D eigenvalue weighted by Crippen LogP contribution is -2.29. The number of nitrogens with two attached hydrogens (primary N) is 1. The summed E-state index contributed by atoms with van der Waals surface area (Å²) in [6.45, 7) is 3.26. The minimum Gasteiger partial charge on any atom is -0.356 e. The normalized spacial score (nSPS) is 12.3. The molecule has 0 radical (unpaired) electrons. The number of aromatic nitrogens is 1. The van der Waals surface area contributed by atoms with E-state index >= 15 is 0 Å². The van der Waals surface area contributed by atoms with Gasteiger partial charge in [0.2, 0.25) is 5.91 Å². The zero-order valence-corrected chi connectivity index (χ0v) is 12.5. The molecule has 1 aromatic heterocycles. The van der Waals surface area contributed by atoms with Gasteiger partial charge in [0.05, 0.1) is 5.52 Å². The maximum atomic E-state index is 11.8. The maximum absolute atomic E-state index is 11.8. The van der Waals surface area contributed by atoms with Crippen LogP contribution in [0.5, 0.6) is 0 Å². The first kappa shape index (κ1) is 15.4. The van der Waals surface area contributed by atoms with Crippen LogP contribution in [0.1, 0.15) is 25.3 Å². The lowest BCUT2D eigenvalue weighted by atomic mass is 10.0. The molecule has 0 aliphatic heterocycles. The predicted octanol–water partition coefficient (Wildman–Crippen LogP) is 2.27. The van der Waals surface area contributed by atoms with Crippen LogP contribution in [-0.2, 0) is 11.2 Å². The van der Waals surface area contributed by atoms with Crippen LogP contribution in [0.4, 0.5) is 0 Å². The summed E-state index contributed by atoms with van der Waals surface area (Å²) >= 11 is 0. The van der Waals surface area contributed by atoms with Gasteiger partial charge >= 0.3 is 0 Å². The molecule has 1 amide bonds. The molecule has 4 heteroatoms. The Balaban J connectivity index is 1.89. The third-order valence-electron chi connectivity index (χ3n) is 3.82. The lowest BCUT2D eigenvalue weighted by Gasteiger charge is -2.12. The Kier molecular flexibility index (Phi) is 5.69. The summed E-state index contributed by atoms with van der Waals surface area (Å²) in [4.78, 5) is 16.3. The molecule has 2 rings (SSSR count). The summed E-state index contributed by atoms with van der Waals surface area (Å²) < 4.78 is 0. The summed E-state index contributed by atoms with van der Waals surface area (Å²) in [5.74, 6) is 0.365. The number of hydrogen-bond acceptors (Lipinski definition) is 3. The van der Waals surface area contributed by atoms with Gasteiger partial charge in [-0.05, 0) is 30.5 Å². The molecule has 2 aromatic rings. The van der Waals surface area contributed by atoms with Crippen molar-refractivity contribution in [3.05, 3.63) is 42.1 Å². The largest absolute Gasteiger partial charge is 0.356 e. The van der Waals surface area contributed by atoms with Crippen molar-refractivity contribution in [1.82, 2.24) is 10.3 Å². The van der Waals surface area contributed by atoms with E-state index in [2.05, 4.69) is 35.4 Å². The van der Waals surface area contributed by atoms with Gasteiger partial charge in [-0.15, -0.1) is 0 Å². The number of pyridine rings is 1. The molecule has 21 heavy (non-hydrogen) atoms. The maximum Gasteiger partial charge on any atom is 0.220 e. The number of benzene rings is 1. The molecule has 0 fully saturated rings. The van der Waals surface area contributed by atoms with E-state index in [1.54, 1.807) is 6.20 Å². The Bertz CT molecular complexity index is 588. The van der Waals surface area contributed by atoms with Crippen LogP contribution in [0, 0.1) is 5.92 Å². The Morgan fingerprint density at radius 2 is 2.14 bits per heavy atom. The molecule has 1 aromatic carbocycles. The molecule has 1 unspecified atom stereocenters. The summed E-state index contributed by atoms with van der Waals surface area (Å²) in [5.41, 5.74) is 7.81. The number of fused-ring (bicyclic) bond motifs is 1. The summed E-state index contributed by atoms with van der Waals surface area (Å²) in [5, 5.41) is 4.11. The molecule has 1 atom stereocenters. The molecule has 0 saturated carbocycles. The zero-order valence-electron chi connectivity index (χ0n) is 12.5. The molecule has 112 valence electrons. The fourth-order valence-electron chi connectivity index (χ4n) is 2.43. The number of hydrogen-bond donors (Lipinski definition) is 2. The van der Waals surface area contributed by atoms with Crippen molar-refractivity contribution in [3.63, 3.8) is 0 Å². The van der Waals surface area contributed by atoms with Crippen LogP contribution in [0.3, 0.4) is 0 Å². The number of rotatable bonds is 7. The van der Waals surface area contributed by atoms with Gasteiger partial charge in [0, 0.05) is 24.5 Å². The average Bonchev–Trinajstić information content (AvgIpc) is 2.53. The van der Waals surface area contributed by atoms with E-state index in [0.717, 1.165) is 23.7 Å². The molecule has 0 aliphatic carbocycles. The van der Waals surface area contributed by atoms with Gasteiger partial charge in [0.1, 0.15) is 0 Å². The highest BCUT2D eigenvalue weighted by molar-refractivity contribution is 5.81. The third kappa shape index (κ3) is 4.26. The van der Waals surface area contributed by atoms with Crippen molar-refractivity contribution < 1.29 is 4.79 Å². The highest BCUT2D eigenvalue weighted by Gasteiger charge is 2.10. The van der Waals surface area contributed by atoms with Crippen LogP contribution >= 0.6 is 0 Å². The Morgan fingerprint density at radius 1 is 1.33 bits per heavy atom. The second-order valence-corrected chi connectivity index (χ2v) is 5.31. The number of carbonyl (C=O) groups is 1. The minimum atomic E-state index is 0.0838. The molecule has 0 bridgehead atoms. The first-order valence-corrected chi connectivity index (χ1v) is 7.54. The number of para-hydroxylation sites is 1. The molecule has 3 N–H and O–H groups in total. The number of amides is 1. The molecule has 0 spiro atoms. The molecule has 0 saturated heterocycles. The standard InChI is InChI=1S/C17H23N3O/c1-2-13(12-18)11-16(21)19-10-8-15-6-3-5-14-7-4-9-20-17(14)15/h3-7,9,13H,2,8,10-12,18H2,1H3,(H,19,21). The van der Waals surface area contributed by atoms with Gasteiger partial charge < -0.3 is 11.1 Å². The summed E-state index contributed by atoms with van der Waals surface area (Å²) in [6.07, 6.45) is 4.05. The summed E-state index contributed by atoms with van der Waals surface area (Å²) in [7, 11) is 0. The van der Waals surface area contributed by atoms with Gasteiger partial charge in [-0.1, -0.05) is 37.6 Å². The Hall–Kier alpha value is -1.94. The predicted molar refractivity (Wildman–Crippen MR) is 85.9 cm³/mol. The molecular formula is C17H23N3O. The van der Waals surface area contributed by atoms with Gasteiger partial charge in [-0.2, -0.15) is 0 Å². The van der Waals surface area contributed by atoms with Crippen LogP contribution in [0.25, 0.3) is 10.9 Å². The van der Waals surface area contributed by atoms with E-state index in [1.165, 1.54) is 5.56 Å². The SMILES string of the molecule is CCC(CN)CC(=O)NCCc1cccc2cccnc12. The van der Waals surface area contributed by atoms with Gasteiger partial charge in [0.15, 0.2) is 0 Å². The molecule has 0 aliphatic rings. The number of nitrogens with zero attached hydrogens (tertiary/aromatic N) is 1. The summed E-state index contributed by atoms with van der Waals surface area (Å²) in [6, 6.07) is 10.1. The van der Waals surface area contributed by atoms with Crippen LogP contribution in [0.15, 0.2) is 36.5 Å². The van der Waals surface area contributed by atoms with Crippen LogP contribution in [0.2, 0.25) is 0 Å². The van der Waals surface area contributed by atoms with Crippen molar-refractivity contribution in [3.8, 4) is 0 Å². The van der Waals surface area contributed by atoms with E-state index in [-0.39, 0.29) is 11.8 Å². The molecule has 4 nitrogen and oxygen atoms in total. The van der Waals surface area contributed by atoms with Gasteiger partial charge in [-0.3, -0.25) is 9.78 Å². The Labute approximate surface area is 125 Å². The monoisotopic (exact) mass is 285 g/mol. The van der Waals surface area contributed by atoms with E-state index in [0.29, 0.717) is 19.5 Å². The number of carbonyl (C=O) groups excluding carboxylic acids is 1. The quantitative estimate of drug-likeness (QED) is 0.820. The highest BCUT2D eigenvalue weighted by Crippen LogP contribution is 2.16. The lowest BCUT2D eigenvalue weighted by molar-refractivity contribution is -0.121. The second-order valence-electron chi connectivity index (χ2n) is 5.31. The van der Waals surface area contributed by atoms with Crippen molar-refractivity contribution in [1.29, 1.82) is 0 Å². The van der Waals surface area contributed by atoms with E-state index in [1.807, 2.05) is 12.1 Å². The van der Waals surface area contributed by atoms with Crippen molar-refractivity contribution in [2.45, 2.75) is 26.2 Å². The zero-order chi connectivity index (χ0) is 15.1. The van der Waals surface area contributed by atoms with Crippen molar-refractivity contribution in [2.24, 2.45) is 11.7 Å². The van der Waals surface area contributed by atoms with Gasteiger partial charge in [0.25, 0.3) is 0 Å². The first-order valence-electron chi connectivity index (χ1n) is 7.54. The number of nitrogens with one attached hydrogen (secondary N) is 1. The minimum absolute atomic E-state index is 0.0838. The van der Waals surface area contributed by atoms with Gasteiger partial charge in [-0.25, -0.2) is 0 Å². The highest BCUT2D eigenvalue weighted by atomic mass is 16.1. The first-order chi connectivity index (χ1) is 10.2. The second kappa shape index (κ2) is 7.74. The molecule has 1 heterocycles. The Morgan fingerprint density at radius 3 is 2.90 bits per heavy atom. The van der Waals surface area contributed by atoms with E-state index < -0.39 is 0 Å². The molecular weight excluding hydrogens is 262 g/mol. The smallest absolute Gasteiger partial charge is 0.220 e. The van der Waals surface area contributed by atoms with Crippen LogP contribution in [-0.4, -0.2) is 24.0 Å². The topological polar surface area (TPSA) is 68.0 Å². The van der Waals surface area contributed by atoms with E-state index in [9.17, 15) is 4.79 Å². The van der Waals surface area contributed by atoms with Crippen molar-refractivity contribution >= 4 is 16.8 Å². The fourth-order valence-corrected chi connectivity index (χ4v) is 2.43. The average molecular weight is 285 g/mol.